The first kappa shape index (κ1) is 28.5. The van der Waals surface area contributed by atoms with E-state index in [9.17, 15) is 14.7 Å². The van der Waals surface area contributed by atoms with Crippen molar-refractivity contribution in [2.24, 2.45) is 27.8 Å². The summed E-state index contributed by atoms with van der Waals surface area (Å²) >= 11 is 0. The third-order valence-electron chi connectivity index (χ3n) is 10.0. The Balaban J connectivity index is 1.39. The molecule has 0 unspecified atom stereocenters. The molecule has 0 aromatic heterocycles. The maximum Gasteiger partial charge on any atom is 0.310 e. The fourth-order valence-electron chi connectivity index (χ4n) is 8.55. The minimum Gasteiger partial charge on any atom is -0.456 e. The number of aliphatic hydroxyl groups excluding tert-OH is 1. The molecule has 0 amide bonds. The number of benzene rings is 1. The van der Waals surface area contributed by atoms with Gasteiger partial charge < -0.3 is 19.4 Å². The number of aliphatic hydroxyl groups is 1. The minimum atomic E-state index is -1.23. The maximum absolute atomic E-state index is 13.9. The molecule has 0 spiro atoms. The zero-order valence-corrected chi connectivity index (χ0v) is 24.1. The number of hydrogen-bond acceptors (Lipinski definition) is 8. The molecule has 1 N–H and O–H groups in total. The van der Waals surface area contributed by atoms with Gasteiger partial charge >= 0.3 is 5.97 Å². The van der Waals surface area contributed by atoms with Crippen LogP contribution in [0, 0.1) is 34.0 Å². The molecule has 8 atom stereocenters. The number of Topliss-reactive ketones (excluding diaryl/α,β-unsaturated/α-hetero) is 1. The largest absolute Gasteiger partial charge is 0.456 e. The van der Waals surface area contributed by atoms with E-state index in [1.54, 1.807) is 30.3 Å². The second-order valence-electron chi connectivity index (χ2n) is 13.5. The summed E-state index contributed by atoms with van der Waals surface area (Å²) in [5.74, 6) is -1.26. The molecule has 214 valence electrons. The van der Waals surface area contributed by atoms with Crippen LogP contribution >= 0.6 is 0 Å². The molecule has 5 rings (SSSR count). The summed E-state index contributed by atoms with van der Waals surface area (Å²) in [6.07, 6.45) is 2.26. The molecule has 1 saturated heterocycles. The molecule has 1 aromatic rings. The lowest BCUT2D eigenvalue weighted by Gasteiger charge is -2.67. The van der Waals surface area contributed by atoms with E-state index in [4.69, 9.17) is 19.6 Å². The van der Waals surface area contributed by atoms with Gasteiger partial charge in [-0.05, 0) is 61.1 Å². The Morgan fingerprint density at radius 2 is 1.93 bits per heavy atom. The second kappa shape index (κ2) is 9.81. The lowest BCUT2D eigenvalue weighted by molar-refractivity contribution is -0.307. The zero-order chi connectivity index (χ0) is 29.1. The van der Waals surface area contributed by atoms with Crippen LogP contribution in [0.4, 0.5) is 0 Å². The number of esters is 1. The molecule has 0 bridgehead atoms. The van der Waals surface area contributed by atoms with Crippen LogP contribution < -0.4 is 0 Å². The highest BCUT2D eigenvalue weighted by Gasteiger charge is 2.71. The fraction of sp³-hybridized carbons (Fsp3) is 0.625. The van der Waals surface area contributed by atoms with Crippen molar-refractivity contribution in [3.63, 3.8) is 0 Å². The summed E-state index contributed by atoms with van der Waals surface area (Å²) < 4.78 is 12.8. The van der Waals surface area contributed by atoms with Crippen LogP contribution in [0.25, 0.3) is 0 Å². The van der Waals surface area contributed by atoms with E-state index in [1.165, 1.54) is 0 Å². The third-order valence-corrected chi connectivity index (χ3v) is 10.0. The number of fused-ring (bicyclic) bond motifs is 3. The van der Waals surface area contributed by atoms with E-state index in [2.05, 4.69) is 38.6 Å². The molecule has 2 heterocycles. The van der Waals surface area contributed by atoms with Gasteiger partial charge in [0.2, 0.25) is 0 Å². The molecule has 8 heteroatoms. The monoisotopic (exact) mass is 548 g/mol. The highest BCUT2D eigenvalue weighted by atomic mass is 16.6. The van der Waals surface area contributed by atoms with Gasteiger partial charge in [-0.1, -0.05) is 50.6 Å². The number of hydrogen-bond donors (Lipinski definition) is 1. The molecular formula is C32H40N2O6. The summed E-state index contributed by atoms with van der Waals surface area (Å²) in [6, 6.07) is 9.12. The number of oxime groups is 1. The Kier molecular flexibility index (Phi) is 6.99. The van der Waals surface area contributed by atoms with Crippen molar-refractivity contribution < 1.29 is 29.0 Å². The first-order valence-corrected chi connectivity index (χ1v) is 14.2. The molecule has 1 aromatic carbocycles. The van der Waals surface area contributed by atoms with E-state index < -0.39 is 46.8 Å². The Hall–Kier alpha value is -3.02. The van der Waals surface area contributed by atoms with Gasteiger partial charge in [-0.25, -0.2) is 0 Å². The normalized spacial score (nSPS) is 40.1. The molecule has 40 heavy (non-hydrogen) atoms. The Morgan fingerprint density at radius 1 is 1.23 bits per heavy atom. The summed E-state index contributed by atoms with van der Waals surface area (Å²) in [4.78, 5) is 32.9. The summed E-state index contributed by atoms with van der Waals surface area (Å²) in [5.41, 5.74) is -0.855. The van der Waals surface area contributed by atoms with Crippen molar-refractivity contribution in [3.8, 4) is 6.07 Å². The highest BCUT2D eigenvalue weighted by Crippen LogP contribution is 2.65. The van der Waals surface area contributed by atoms with Crippen molar-refractivity contribution >= 4 is 17.5 Å². The van der Waals surface area contributed by atoms with E-state index >= 15 is 0 Å². The molecule has 2 aliphatic heterocycles. The minimum absolute atomic E-state index is 0.0638. The van der Waals surface area contributed by atoms with Gasteiger partial charge in [0.05, 0.1) is 41.4 Å². The van der Waals surface area contributed by atoms with E-state index in [0.29, 0.717) is 17.7 Å². The Bertz CT molecular complexity index is 1280. The number of carbonyl (C=O) groups is 2. The first-order valence-electron chi connectivity index (χ1n) is 14.2. The van der Waals surface area contributed by atoms with Crippen LogP contribution in [0.5, 0.6) is 0 Å². The first-order chi connectivity index (χ1) is 18.8. The van der Waals surface area contributed by atoms with E-state index in [1.807, 2.05) is 13.8 Å². The van der Waals surface area contributed by atoms with Crippen LogP contribution in [0.3, 0.4) is 0 Å². The predicted molar refractivity (Wildman–Crippen MR) is 148 cm³/mol. The number of ether oxygens (including phenoxy) is 2. The fourth-order valence-corrected chi connectivity index (χ4v) is 8.55. The van der Waals surface area contributed by atoms with Crippen molar-refractivity contribution in [3.05, 3.63) is 48.0 Å². The number of nitrogens with zero attached hydrogens (tertiary/aromatic N) is 2. The topological polar surface area (TPSA) is 118 Å². The lowest BCUT2D eigenvalue weighted by Crippen LogP contribution is -2.75. The van der Waals surface area contributed by atoms with E-state index in [-0.39, 0.29) is 30.0 Å². The number of nitriles is 1. The zero-order valence-electron chi connectivity index (χ0n) is 24.1. The molecular weight excluding hydrogens is 508 g/mol. The second-order valence-corrected chi connectivity index (χ2v) is 13.5. The van der Waals surface area contributed by atoms with Crippen LogP contribution in [-0.2, 0) is 23.9 Å². The van der Waals surface area contributed by atoms with Crippen molar-refractivity contribution in [2.75, 3.05) is 0 Å². The molecule has 2 saturated carbocycles. The highest BCUT2D eigenvalue weighted by molar-refractivity contribution is 6.01. The Labute approximate surface area is 236 Å². The summed E-state index contributed by atoms with van der Waals surface area (Å²) in [6.45, 7) is 13.9. The SMILES string of the molecule is C=C[C@@]1(C)CC(=O)[C@H]2[C@@]3(C)CCCC(C)(C)[C@@H]3[C@H](O)[C@H](OC(=O)C[C@H]3CC(c4ccc(C#N)cc4)=NO3)[C@@]2(C)O1. The quantitative estimate of drug-likeness (QED) is 0.412. The average molecular weight is 549 g/mol. The Morgan fingerprint density at radius 3 is 2.58 bits per heavy atom. The van der Waals surface area contributed by atoms with Gasteiger partial charge in [0, 0.05) is 12.8 Å². The van der Waals surface area contributed by atoms with Crippen molar-refractivity contribution in [1.29, 1.82) is 5.26 Å². The smallest absolute Gasteiger partial charge is 0.310 e. The van der Waals surface area contributed by atoms with Crippen LogP contribution in [0.2, 0.25) is 0 Å². The molecule has 2 aliphatic carbocycles. The van der Waals surface area contributed by atoms with Gasteiger partial charge in [0.15, 0.2) is 6.10 Å². The summed E-state index contributed by atoms with van der Waals surface area (Å²) in [5, 5.41) is 25.2. The van der Waals surface area contributed by atoms with Crippen molar-refractivity contribution in [2.45, 2.75) is 103 Å². The van der Waals surface area contributed by atoms with Gasteiger partial charge in [0.25, 0.3) is 0 Å². The number of carbonyl (C=O) groups excluding carboxylic acids is 2. The van der Waals surface area contributed by atoms with Crippen molar-refractivity contribution in [1.82, 2.24) is 0 Å². The molecule has 0 radical (unpaired) electrons. The third kappa shape index (κ3) is 4.57. The van der Waals surface area contributed by atoms with Crippen LogP contribution in [0.1, 0.15) is 84.3 Å². The van der Waals surface area contributed by atoms with Gasteiger partial charge in [-0.15, -0.1) is 6.58 Å². The van der Waals surface area contributed by atoms with Crippen LogP contribution in [0.15, 0.2) is 42.1 Å². The van der Waals surface area contributed by atoms with E-state index in [0.717, 1.165) is 24.8 Å². The molecule has 4 aliphatic rings. The van der Waals surface area contributed by atoms with Gasteiger partial charge in [-0.2, -0.15) is 5.26 Å². The number of rotatable bonds is 5. The number of ketones is 1. The van der Waals surface area contributed by atoms with Gasteiger partial charge in [0.1, 0.15) is 17.5 Å². The van der Waals surface area contributed by atoms with Gasteiger partial charge in [-0.3, -0.25) is 9.59 Å². The molecule has 8 nitrogen and oxygen atoms in total. The lowest BCUT2D eigenvalue weighted by atomic mass is 9.42. The molecule has 3 fully saturated rings. The van der Waals surface area contributed by atoms with Crippen LogP contribution in [-0.4, -0.2) is 52.1 Å². The predicted octanol–water partition coefficient (Wildman–Crippen LogP) is 4.87. The summed E-state index contributed by atoms with van der Waals surface area (Å²) in [7, 11) is 0. The maximum atomic E-state index is 13.9. The standard InChI is InChI=1S/C32H40N2O6/c1-7-30(4)17-23(35)26-31(5)14-8-13-29(2,3)27(31)25(37)28(32(26,6)40-30)38-24(36)16-21-15-22(34-39-21)20-11-9-19(18-33)10-12-20/h7,9-12,21,25-28,37H,1,8,13-17H2,2-6H3/t21-,25+,26+,27+,28+,30+,31-,32+/m1/s1. The average Bonchev–Trinajstić information content (AvgIpc) is 3.33.